The van der Waals surface area contributed by atoms with Gasteiger partial charge in [0.25, 0.3) is 0 Å². The molecule has 0 aromatic heterocycles. The van der Waals surface area contributed by atoms with E-state index in [0.717, 1.165) is 0 Å². The van der Waals surface area contributed by atoms with Crippen LogP contribution in [0.1, 0.15) is 27.2 Å². The maximum Gasteiger partial charge on any atom is 0.119 e. The van der Waals surface area contributed by atoms with Gasteiger partial charge >= 0.3 is 0 Å². The Hall–Kier alpha value is 0.354. The Labute approximate surface area is 131 Å². The van der Waals surface area contributed by atoms with Crippen LogP contribution in [-0.2, 0) is 0 Å². The minimum atomic E-state index is -1.12. The van der Waals surface area contributed by atoms with Crippen LogP contribution in [0.25, 0.3) is 0 Å². The van der Waals surface area contributed by atoms with E-state index in [2.05, 4.69) is 63.0 Å². The molecule has 0 amide bonds. The zero-order valence-electron chi connectivity index (χ0n) is 15.6. The van der Waals surface area contributed by atoms with E-state index in [4.69, 9.17) is 0 Å². The zero-order valence-corrected chi connectivity index (χ0v) is 17.6. The summed E-state index contributed by atoms with van der Waals surface area (Å²) in [7, 11) is -1.99. The van der Waals surface area contributed by atoms with Gasteiger partial charge in [-0.2, -0.15) is 0 Å². The standard InChI is InChI=1S/C16H40N2Si2/c1-9-17(13-12-16-20(7,8)11-3)14-15-18(10-2)19(4,5)6/h9-16H2,1-8H3. The summed E-state index contributed by atoms with van der Waals surface area (Å²) in [6, 6.07) is 2.92. The van der Waals surface area contributed by atoms with Gasteiger partial charge in [-0.15, -0.1) is 0 Å². The molecule has 0 spiro atoms. The maximum absolute atomic E-state index is 2.72. The molecule has 0 saturated carbocycles. The Morgan fingerprint density at radius 2 is 1.35 bits per heavy atom. The first-order chi connectivity index (χ1) is 9.16. The van der Waals surface area contributed by atoms with Crippen LogP contribution in [0.4, 0.5) is 0 Å². The molecular weight excluding hydrogens is 276 g/mol. The van der Waals surface area contributed by atoms with E-state index >= 15 is 0 Å². The summed E-state index contributed by atoms with van der Waals surface area (Å²) in [5.74, 6) is 0. The van der Waals surface area contributed by atoms with Gasteiger partial charge in [-0.3, -0.25) is 0 Å². The maximum atomic E-state index is 2.72. The van der Waals surface area contributed by atoms with Crippen LogP contribution in [0, 0.1) is 0 Å². The molecule has 0 bridgehead atoms. The van der Waals surface area contributed by atoms with Crippen molar-refractivity contribution in [3.63, 3.8) is 0 Å². The highest BCUT2D eigenvalue weighted by Crippen LogP contribution is 2.17. The van der Waals surface area contributed by atoms with Crippen molar-refractivity contribution >= 4 is 16.3 Å². The zero-order chi connectivity index (χ0) is 15.8. The molecule has 122 valence electrons. The smallest absolute Gasteiger partial charge is 0.119 e. The molecule has 4 heteroatoms. The van der Waals surface area contributed by atoms with E-state index in [0.29, 0.717) is 0 Å². The van der Waals surface area contributed by atoms with Crippen LogP contribution < -0.4 is 0 Å². The van der Waals surface area contributed by atoms with Gasteiger partial charge in [-0.25, -0.2) is 0 Å². The van der Waals surface area contributed by atoms with Gasteiger partial charge < -0.3 is 9.47 Å². The molecule has 0 saturated heterocycles. The fourth-order valence-corrected chi connectivity index (χ4v) is 5.80. The highest BCUT2D eigenvalue weighted by Gasteiger charge is 2.22. The molecule has 0 rings (SSSR count). The van der Waals surface area contributed by atoms with Gasteiger partial charge in [-0.1, -0.05) is 65.6 Å². The molecule has 0 aliphatic carbocycles. The minimum Gasteiger partial charge on any atom is -0.323 e. The average molecular weight is 317 g/mol. The van der Waals surface area contributed by atoms with Crippen molar-refractivity contribution in [3.8, 4) is 0 Å². The fourth-order valence-electron chi connectivity index (χ4n) is 2.62. The van der Waals surface area contributed by atoms with Gasteiger partial charge in [0, 0.05) is 21.2 Å². The number of hydrogen-bond donors (Lipinski definition) is 0. The topological polar surface area (TPSA) is 6.48 Å². The molecule has 0 fully saturated rings. The molecule has 0 N–H and O–H groups in total. The third kappa shape index (κ3) is 8.60. The van der Waals surface area contributed by atoms with Gasteiger partial charge in [0.1, 0.15) is 8.24 Å². The molecule has 0 atom stereocenters. The summed E-state index contributed by atoms with van der Waals surface area (Å²) in [6.45, 7) is 25.7. The Morgan fingerprint density at radius 1 is 0.750 bits per heavy atom. The Bertz CT molecular complexity index is 249. The SMILES string of the molecule is CCN(CCC[Si](C)(C)CC)CCN(CC)[Si](C)(C)C. The van der Waals surface area contributed by atoms with E-state index in [9.17, 15) is 0 Å². The lowest BCUT2D eigenvalue weighted by Gasteiger charge is -2.35. The summed E-state index contributed by atoms with van der Waals surface area (Å²) >= 11 is 0. The summed E-state index contributed by atoms with van der Waals surface area (Å²) < 4.78 is 2.72. The Kier molecular flexibility index (Phi) is 9.55. The van der Waals surface area contributed by atoms with E-state index in [1.165, 1.54) is 51.2 Å². The molecule has 0 aromatic carbocycles. The third-order valence-corrected chi connectivity index (χ3v) is 10.8. The lowest BCUT2D eigenvalue weighted by Crippen LogP contribution is -2.49. The van der Waals surface area contributed by atoms with Crippen molar-refractivity contribution in [2.24, 2.45) is 0 Å². The second-order valence-corrected chi connectivity index (χ2v) is 18.3. The summed E-state index contributed by atoms with van der Waals surface area (Å²) in [5, 5.41) is 0. The number of rotatable bonds is 11. The first-order valence-electron chi connectivity index (χ1n) is 8.63. The first-order valence-corrected chi connectivity index (χ1v) is 15.5. The van der Waals surface area contributed by atoms with Crippen molar-refractivity contribution in [3.05, 3.63) is 0 Å². The van der Waals surface area contributed by atoms with Crippen LogP contribution >= 0.6 is 0 Å². The van der Waals surface area contributed by atoms with Crippen molar-refractivity contribution in [1.29, 1.82) is 0 Å². The molecule has 0 unspecified atom stereocenters. The number of nitrogens with zero attached hydrogens (tertiary/aromatic N) is 2. The summed E-state index contributed by atoms with van der Waals surface area (Å²) in [6.07, 6.45) is 1.40. The van der Waals surface area contributed by atoms with Crippen molar-refractivity contribution in [2.75, 3.05) is 32.7 Å². The second kappa shape index (κ2) is 9.39. The molecular formula is C16H40N2Si2. The normalized spacial score (nSPS) is 13.5. The van der Waals surface area contributed by atoms with Gasteiger partial charge in [-0.05, 0) is 26.1 Å². The van der Waals surface area contributed by atoms with Gasteiger partial charge in [0.15, 0.2) is 0 Å². The van der Waals surface area contributed by atoms with Crippen molar-refractivity contribution in [2.45, 2.75) is 72.0 Å². The van der Waals surface area contributed by atoms with E-state index < -0.39 is 16.3 Å². The molecule has 0 aromatic rings. The lowest BCUT2D eigenvalue weighted by atomic mass is 10.4. The third-order valence-electron chi connectivity index (χ3n) is 4.75. The quantitative estimate of drug-likeness (QED) is 0.515. The highest BCUT2D eigenvalue weighted by molar-refractivity contribution is 6.77. The summed E-state index contributed by atoms with van der Waals surface area (Å²) in [5.41, 5.74) is 0. The highest BCUT2D eigenvalue weighted by atomic mass is 28.3. The first kappa shape index (κ1) is 20.4. The molecule has 0 aliphatic rings. The molecule has 0 aliphatic heterocycles. The lowest BCUT2D eigenvalue weighted by molar-refractivity contribution is 0.260. The number of likely N-dealkylation sites (N-methyl/N-ethyl adjacent to an activating group) is 2. The van der Waals surface area contributed by atoms with Crippen LogP contribution in [0.5, 0.6) is 0 Å². The van der Waals surface area contributed by atoms with Gasteiger partial charge in [0.05, 0.1) is 0 Å². The van der Waals surface area contributed by atoms with E-state index in [1.54, 1.807) is 0 Å². The fraction of sp³-hybridized carbons (Fsp3) is 1.00. The summed E-state index contributed by atoms with van der Waals surface area (Å²) in [4.78, 5) is 2.66. The predicted octanol–water partition coefficient (Wildman–Crippen LogP) is 4.58. The van der Waals surface area contributed by atoms with Crippen LogP contribution in [0.3, 0.4) is 0 Å². The van der Waals surface area contributed by atoms with Crippen molar-refractivity contribution < 1.29 is 0 Å². The van der Waals surface area contributed by atoms with Crippen molar-refractivity contribution in [1.82, 2.24) is 9.47 Å². The van der Waals surface area contributed by atoms with Crippen LogP contribution in [0.2, 0.25) is 44.8 Å². The monoisotopic (exact) mass is 316 g/mol. The van der Waals surface area contributed by atoms with Crippen LogP contribution in [-0.4, -0.2) is 58.5 Å². The molecule has 0 radical (unpaired) electrons. The second-order valence-electron chi connectivity index (χ2n) is 7.81. The Balaban J connectivity index is 4.10. The molecule has 0 heterocycles. The number of hydrogen-bond acceptors (Lipinski definition) is 2. The largest absolute Gasteiger partial charge is 0.323 e. The minimum absolute atomic E-state index is 0.869. The van der Waals surface area contributed by atoms with Crippen LogP contribution in [0.15, 0.2) is 0 Å². The van der Waals surface area contributed by atoms with Gasteiger partial charge in [0.2, 0.25) is 0 Å². The molecule has 2 nitrogen and oxygen atoms in total. The Morgan fingerprint density at radius 3 is 1.75 bits per heavy atom. The predicted molar refractivity (Wildman–Crippen MR) is 100 cm³/mol. The van der Waals surface area contributed by atoms with E-state index in [-0.39, 0.29) is 0 Å². The average Bonchev–Trinajstić information content (AvgIpc) is 2.35. The van der Waals surface area contributed by atoms with E-state index in [1.807, 2.05) is 0 Å². The molecule has 20 heavy (non-hydrogen) atoms.